The lowest BCUT2D eigenvalue weighted by Crippen LogP contribution is -1.99. The molecule has 0 aliphatic rings. The summed E-state index contributed by atoms with van der Waals surface area (Å²) in [6.07, 6.45) is 2.41. The van der Waals surface area contributed by atoms with Crippen molar-refractivity contribution in [3.8, 4) is 5.75 Å². The molecule has 1 aromatic heterocycles. The van der Waals surface area contributed by atoms with Crippen LogP contribution in [0.2, 0.25) is 0 Å². The lowest BCUT2D eigenvalue weighted by atomic mass is 10.0. The molecule has 2 aromatic rings. The molecule has 0 fully saturated rings. The van der Waals surface area contributed by atoms with Crippen LogP contribution in [0.4, 0.5) is 0 Å². The minimum atomic E-state index is -0.811. The molecule has 1 unspecified atom stereocenters. The van der Waals surface area contributed by atoms with E-state index in [1.165, 1.54) is 0 Å². The van der Waals surface area contributed by atoms with E-state index in [1.807, 2.05) is 0 Å². The van der Waals surface area contributed by atoms with Gasteiger partial charge >= 0.3 is 0 Å². The number of nitrogens with zero attached hydrogens (tertiary/aromatic N) is 1. The van der Waals surface area contributed by atoms with Gasteiger partial charge in [0.15, 0.2) is 0 Å². The van der Waals surface area contributed by atoms with E-state index in [0.29, 0.717) is 11.1 Å². The Bertz CT molecular complexity index is 442. The first-order valence-corrected chi connectivity index (χ1v) is 4.65. The number of rotatable bonds is 2. The molecule has 1 atom stereocenters. The van der Waals surface area contributed by atoms with E-state index < -0.39 is 6.10 Å². The zero-order valence-electron chi connectivity index (χ0n) is 8.04. The fourth-order valence-electron chi connectivity index (χ4n) is 1.44. The highest BCUT2D eigenvalue weighted by Gasteiger charge is 2.13. The summed E-state index contributed by atoms with van der Waals surface area (Å²) < 4.78 is 0. The highest BCUT2D eigenvalue weighted by atomic mass is 16.3. The van der Waals surface area contributed by atoms with Crippen LogP contribution >= 0.6 is 0 Å². The van der Waals surface area contributed by atoms with E-state index in [0.717, 1.165) is 0 Å². The zero-order chi connectivity index (χ0) is 10.7. The Morgan fingerprint density at radius 1 is 1.00 bits per heavy atom. The lowest BCUT2D eigenvalue weighted by molar-refractivity contribution is 0.215. The largest absolute Gasteiger partial charge is 0.508 e. The molecule has 76 valence electrons. The van der Waals surface area contributed by atoms with Gasteiger partial charge in [-0.1, -0.05) is 18.2 Å². The number of hydrogen-bond acceptors (Lipinski definition) is 3. The predicted octanol–water partition coefficient (Wildman–Crippen LogP) is 1.87. The maximum Gasteiger partial charge on any atom is 0.121 e. The SMILES string of the molecule is Oc1ccccc1C(O)c1ccncc1. The summed E-state index contributed by atoms with van der Waals surface area (Å²) in [6, 6.07) is 10.2. The standard InChI is InChI=1S/C12H11NO2/c14-11-4-2-1-3-10(11)12(15)9-5-7-13-8-6-9/h1-8,12,14-15H. The van der Waals surface area contributed by atoms with Crippen molar-refractivity contribution in [1.29, 1.82) is 0 Å². The van der Waals surface area contributed by atoms with Gasteiger partial charge in [-0.05, 0) is 23.8 Å². The highest BCUT2D eigenvalue weighted by Crippen LogP contribution is 2.28. The number of hydrogen-bond donors (Lipinski definition) is 2. The third kappa shape index (κ3) is 1.97. The average molecular weight is 201 g/mol. The topological polar surface area (TPSA) is 53.4 Å². The normalized spacial score (nSPS) is 12.3. The first-order valence-electron chi connectivity index (χ1n) is 4.65. The van der Waals surface area contributed by atoms with Gasteiger partial charge < -0.3 is 10.2 Å². The number of aliphatic hydroxyl groups is 1. The van der Waals surface area contributed by atoms with Crippen molar-refractivity contribution in [1.82, 2.24) is 4.98 Å². The van der Waals surface area contributed by atoms with Gasteiger partial charge in [-0.25, -0.2) is 0 Å². The van der Waals surface area contributed by atoms with Crippen LogP contribution in [-0.2, 0) is 0 Å². The number of para-hydroxylation sites is 1. The minimum absolute atomic E-state index is 0.0989. The quantitative estimate of drug-likeness (QED) is 0.779. The number of aromatic hydroxyl groups is 1. The Kier molecular flexibility index (Phi) is 2.65. The van der Waals surface area contributed by atoms with E-state index in [9.17, 15) is 10.2 Å². The first-order chi connectivity index (χ1) is 7.29. The van der Waals surface area contributed by atoms with E-state index in [1.54, 1.807) is 48.8 Å². The Morgan fingerprint density at radius 2 is 1.67 bits per heavy atom. The molecular weight excluding hydrogens is 190 g/mol. The summed E-state index contributed by atoms with van der Waals surface area (Å²) in [7, 11) is 0. The Balaban J connectivity index is 2.37. The number of aliphatic hydroxyl groups excluding tert-OH is 1. The van der Waals surface area contributed by atoms with Gasteiger partial charge in [-0.3, -0.25) is 4.98 Å². The zero-order valence-corrected chi connectivity index (χ0v) is 8.04. The molecule has 0 radical (unpaired) electrons. The van der Waals surface area contributed by atoms with Crippen LogP contribution in [0.15, 0.2) is 48.8 Å². The molecule has 0 saturated carbocycles. The van der Waals surface area contributed by atoms with Gasteiger partial charge in [0.2, 0.25) is 0 Å². The average Bonchev–Trinajstić information content (AvgIpc) is 2.30. The van der Waals surface area contributed by atoms with Crippen LogP contribution < -0.4 is 0 Å². The van der Waals surface area contributed by atoms with Gasteiger partial charge in [0.1, 0.15) is 11.9 Å². The Labute approximate surface area is 87.7 Å². The monoisotopic (exact) mass is 201 g/mol. The molecular formula is C12H11NO2. The van der Waals surface area contributed by atoms with Crippen molar-refractivity contribution < 1.29 is 10.2 Å². The molecule has 1 heterocycles. The van der Waals surface area contributed by atoms with Crippen LogP contribution in [0.25, 0.3) is 0 Å². The molecule has 0 spiro atoms. The summed E-state index contributed by atoms with van der Waals surface area (Å²) in [6.45, 7) is 0. The number of phenols is 1. The van der Waals surface area contributed by atoms with Gasteiger partial charge in [0, 0.05) is 18.0 Å². The van der Waals surface area contributed by atoms with Crippen LogP contribution in [0.3, 0.4) is 0 Å². The number of phenolic OH excluding ortho intramolecular Hbond substituents is 1. The summed E-state index contributed by atoms with van der Waals surface area (Å²) in [5.41, 5.74) is 1.22. The fourth-order valence-corrected chi connectivity index (χ4v) is 1.44. The molecule has 3 heteroatoms. The Morgan fingerprint density at radius 3 is 2.33 bits per heavy atom. The van der Waals surface area contributed by atoms with Crippen LogP contribution in [0.1, 0.15) is 17.2 Å². The second-order valence-corrected chi connectivity index (χ2v) is 3.24. The van der Waals surface area contributed by atoms with Gasteiger partial charge in [-0.2, -0.15) is 0 Å². The molecule has 2 rings (SSSR count). The second kappa shape index (κ2) is 4.11. The molecule has 0 bridgehead atoms. The maximum absolute atomic E-state index is 9.98. The third-order valence-electron chi connectivity index (χ3n) is 2.25. The number of pyridine rings is 1. The summed E-state index contributed by atoms with van der Waals surface area (Å²) >= 11 is 0. The van der Waals surface area contributed by atoms with Crippen molar-refractivity contribution in [2.24, 2.45) is 0 Å². The first kappa shape index (κ1) is 9.68. The third-order valence-corrected chi connectivity index (χ3v) is 2.25. The molecule has 3 nitrogen and oxygen atoms in total. The van der Waals surface area contributed by atoms with E-state index in [4.69, 9.17) is 0 Å². The molecule has 2 N–H and O–H groups in total. The minimum Gasteiger partial charge on any atom is -0.508 e. The molecule has 0 saturated heterocycles. The smallest absolute Gasteiger partial charge is 0.121 e. The van der Waals surface area contributed by atoms with Crippen molar-refractivity contribution >= 4 is 0 Å². The van der Waals surface area contributed by atoms with Crippen LogP contribution in [0.5, 0.6) is 5.75 Å². The predicted molar refractivity (Wildman–Crippen MR) is 56.4 cm³/mol. The number of benzene rings is 1. The van der Waals surface area contributed by atoms with E-state index in [2.05, 4.69) is 4.98 Å². The van der Waals surface area contributed by atoms with Gasteiger partial charge in [-0.15, -0.1) is 0 Å². The van der Waals surface area contributed by atoms with Crippen molar-refractivity contribution in [2.75, 3.05) is 0 Å². The molecule has 15 heavy (non-hydrogen) atoms. The molecule has 0 amide bonds. The number of aromatic nitrogens is 1. The van der Waals surface area contributed by atoms with Crippen molar-refractivity contribution in [3.63, 3.8) is 0 Å². The molecule has 0 aliphatic carbocycles. The molecule has 0 aliphatic heterocycles. The van der Waals surface area contributed by atoms with Gasteiger partial charge in [0.25, 0.3) is 0 Å². The maximum atomic E-state index is 9.98. The van der Waals surface area contributed by atoms with E-state index in [-0.39, 0.29) is 5.75 Å². The van der Waals surface area contributed by atoms with Crippen LogP contribution in [-0.4, -0.2) is 15.2 Å². The molecule has 1 aromatic carbocycles. The Hall–Kier alpha value is -1.87. The second-order valence-electron chi connectivity index (χ2n) is 3.24. The fraction of sp³-hybridized carbons (Fsp3) is 0.0833. The highest BCUT2D eigenvalue weighted by molar-refractivity contribution is 5.38. The van der Waals surface area contributed by atoms with Crippen LogP contribution in [0, 0.1) is 0 Å². The summed E-state index contributed by atoms with van der Waals surface area (Å²) in [4.78, 5) is 3.87. The summed E-state index contributed by atoms with van der Waals surface area (Å²) in [5.74, 6) is 0.0989. The van der Waals surface area contributed by atoms with Crippen molar-refractivity contribution in [3.05, 3.63) is 59.9 Å². The lowest BCUT2D eigenvalue weighted by Gasteiger charge is -2.12. The summed E-state index contributed by atoms with van der Waals surface area (Å²) in [5, 5.41) is 19.6. The van der Waals surface area contributed by atoms with Gasteiger partial charge in [0.05, 0.1) is 0 Å². The van der Waals surface area contributed by atoms with Crippen molar-refractivity contribution in [2.45, 2.75) is 6.10 Å². The van der Waals surface area contributed by atoms with E-state index >= 15 is 0 Å².